The van der Waals surface area contributed by atoms with Gasteiger partial charge in [0.1, 0.15) is 0 Å². The zero-order valence-corrected chi connectivity index (χ0v) is 5.02. The van der Waals surface area contributed by atoms with Gasteiger partial charge in [-0.3, -0.25) is 0 Å². The van der Waals surface area contributed by atoms with Crippen LogP contribution >= 0.6 is 0 Å². The van der Waals surface area contributed by atoms with Crippen molar-refractivity contribution < 1.29 is 0 Å². The van der Waals surface area contributed by atoms with E-state index >= 15 is 0 Å². The first kappa shape index (κ1) is 5.40. The molecule has 0 aliphatic carbocycles. The van der Waals surface area contributed by atoms with E-state index in [0.29, 0.717) is 0 Å². The summed E-state index contributed by atoms with van der Waals surface area (Å²) in [7, 11) is 0. The molecule has 4 nitrogen and oxygen atoms in total. The Labute approximate surface area is 48.2 Å². The molecule has 0 unspecified atom stereocenters. The molecular weight excluding hydrogens is 104 g/mol. The fourth-order valence-corrected chi connectivity index (χ4v) is 0.499. The average Bonchev–Trinajstić information content (AvgIpc) is 1.98. The third kappa shape index (κ3) is 0.635. The molecule has 0 aromatic carbocycles. The molecular formula is C4H10N4. The predicted molar refractivity (Wildman–Crippen MR) is 30.7 cm³/mol. The van der Waals surface area contributed by atoms with Gasteiger partial charge in [0, 0.05) is 5.70 Å². The van der Waals surface area contributed by atoms with Gasteiger partial charge >= 0.3 is 0 Å². The van der Waals surface area contributed by atoms with E-state index in [9.17, 15) is 0 Å². The molecule has 0 saturated heterocycles. The Hall–Kier alpha value is -0.740. The molecule has 1 heterocycles. The minimum atomic E-state index is 1.02. The summed E-state index contributed by atoms with van der Waals surface area (Å²) in [5, 5.41) is 1.44. The van der Waals surface area contributed by atoms with Crippen LogP contribution in [0.2, 0.25) is 0 Å². The van der Waals surface area contributed by atoms with Crippen molar-refractivity contribution in [2.75, 3.05) is 0 Å². The third-order valence-electron chi connectivity index (χ3n) is 1.27. The van der Waals surface area contributed by atoms with E-state index in [4.69, 9.17) is 5.84 Å². The van der Waals surface area contributed by atoms with E-state index in [-0.39, 0.29) is 0 Å². The average molecular weight is 114 g/mol. The lowest BCUT2D eigenvalue weighted by atomic mass is 10.4. The van der Waals surface area contributed by atoms with Gasteiger partial charge in [0.2, 0.25) is 0 Å². The van der Waals surface area contributed by atoms with Crippen LogP contribution in [-0.2, 0) is 0 Å². The number of nitrogens with two attached hydrogens (primary N) is 1. The molecule has 4 heteroatoms. The molecule has 0 fully saturated rings. The first-order valence-corrected chi connectivity index (χ1v) is 2.46. The highest BCUT2D eigenvalue weighted by atomic mass is 15.8. The number of hydrazine groups is 3. The fourth-order valence-electron chi connectivity index (χ4n) is 0.499. The first-order valence-electron chi connectivity index (χ1n) is 2.46. The SMILES string of the molecule is CC1=C(C)N(N)NN1. The Bertz CT molecular complexity index is 128. The highest BCUT2D eigenvalue weighted by Gasteiger charge is 2.08. The number of rotatable bonds is 0. The van der Waals surface area contributed by atoms with E-state index in [0.717, 1.165) is 11.4 Å². The Morgan fingerprint density at radius 1 is 1.50 bits per heavy atom. The first-order chi connectivity index (χ1) is 3.72. The minimum absolute atomic E-state index is 1.02. The maximum absolute atomic E-state index is 5.37. The standard InChI is InChI=1S/C4H10N4/c1-3-4(2)8(5)7-6-3/h6-7H,5H2,1-2H3. The lowest BCUT2D eigenvalue weighted by Gasteiger charge is -2.09. The summed E-state index contributed by atoms with van der Waals surface area (Å²) in [6.07, 6.45) is 0. The van der Waals surface area contributed by atoms with Crippen LogP contribution in [0.15, 0.2) is 11.4 Å². The van der Waals surface area contributed by atoms with Crippen LogP contribution in [0.4, 0.5) is 0 Å². The minimum Gasteiger partial charge on any atom is -0.305 e. The van der Waals surface area contributed by atoms with Gasteiger partial charge in [-0.1, -0.05) is 0 Å². The molecule has 1 aliphatic rings. The molecule has 4 N–H and O–H groups in total. The van der Waals surface area contributed by atoms with E-state index < -0.39 is 0 Å². The van der Waals surface area contributed by atoms with E-state index in [1.54, 1.807) is 0 Å². The van der Waals surface area contributed by atoms with Crippen LogP contribution < -0.4 is 16.8 Å². The van der Waals surface area contributed by atoms with Gasteiger partial charge in [0.15, 0.2) is 0 Å². The highest BCUT2D eigenvalue weighted by molar-refractivity contribution is 5.07. The smallest absolute Gasteiger partial charge is 0.0661 e. The Balaban J connectivity index is 2.71. The van der Waals surface area contributed by atoms with Crippen molar-refractivity contribution in [1.82, 2.24) is 16.1 Å². The summed E-state index contributed by atoms with van der Waals surface area (Å²) in [6, 6.07) is 0. The molecule has 0 bridgehead atoms. The van der Waals surface area contributed by atoms with Crippen LogP contribution in [-0.4, -0.2) is 5.12 Å². The summed E-state index contributed by atoms with van der Waals surface area (Å²) in [6.45, 7) is 3.89. The Morgan fingerprint density at radius 3 is 2.25 bits per heavy atom. The molecule has 0 atom stereocenters. The second kappa shape index (κ2) is 1.65. The van der Waals surface area contributed by atoms with E-state index in [2.05, 4.69) is 11.0 Å². The predicted octanol–water partition coefficient (Wildman–Crippen LogP) is -0.564. The van der Waals surface area contributed by atoms with Gasteiger partial charge in [0.25, 0.3) is 0 Å². The van der Waals surface area contributed by atoms with Crippen LogP contribution in [0.5, 0.6) is 0 Å². The van der Waals surface area contributed by atoms with Crippen LogP contribution in [0, 0.1) is 0 Å². The second-order valence-corrected chi connectivity index (χ2v) is 1.82. The quantitative estimate of drug-likeness (QED) is 0.369. The van der Waals surface area contributed by atoms with Crippen molar-refractivity contribution in [3.8, 4) is 0 Å². The number of allylic oxidation sites excluding steroid dienone is 2. The van der Waals surface area contributed by atoms with E-state index in [1.165, 1.54) is 5.12 Å². The number of hydrogen-bond acceptors (Lipinski definition) is 4. The summed E-state index contributed by atoms with van der Waals surface area (Å²) in [5.41, 5.74) is 7.64. The lowest BCUT2D eigenvalue weighted by Crippen LogP contribution is -2.42. The number of hydrogen-bond donors (Lipinski definition) is 3. The molecule has 0 amide bonds. The van der Waals surface area contributed by atoms with Gasteiger partial charge in [-0.25, -0.2) is 11.0 Å². The second-order valence-electron chi connectivity index (χ2n) is 1.82. The molecule has 0 aromatic heterocycles. The van der Waals surface area contributed by atoms with Crippen molar-refractivity contribution in [3.05, 3.63) is 11.4 Å². The van der Waals surface area contributed by atoms with Crippen LogP contribution in [0.1, 0.15) is 13.8 Å². The van der Waals surface area contributed by atoms with Crippen LogP contribution in [0.25, 0.3) is 0 Å². The maximum atomic E-state index is 5.37. The maximum Gasteiger partial charge on any atom is 0.0661 e. The zero-order valence-electron chi connectivity index (χ0n) is 5.02. The molecule has 0 saturated carbocycles. The van der Waals surface area contributed by atoms with Gasteiger partial charge in [-0.05, 0) is 13.8 Å². The van der Waals surface area contributed by atoms with Crippen molar-refractivity contribution in [1.29, 1.82) is 0 Å². The molecule has 46 valence electrons. The van der Waals surface area contributed by atoms with Crippen molar-refractivity contribution >= 4 is 0 Å². The highest BCUT2D eigenvalue weighted by Crippen LogP contribution is 2.03. The monoisotopic (exact) mass is 114 g/mol. The zero-order chi connectivity index (χ0) is 6.15. The molecule has 1 rings (SSSR count). The summed E-state index contributed by atoms with van der Waals surface area (Å²) in [4.78, 5) is 0. The molecule has 1 aliphatic heterocycles. The normalized spacial score (nSPS) is 19.6. The largest absolute Gasteiger partial charge is 0.305 e. The third-order valence-corrected chi connectivity index (χ3v) is 1.27. The topological polar surface area (TPSA) is 53.3 Å². The number of nitrogens with zero attached hydrogens (tertiary/aromatic N) is 1. The van der Waals surface area contributed by atoms with Crippen molar-refractivity contribution in [2.24, 2.45) is 5.84 Å². The molecule has 8 heavy (non-hydrogen) atoms. The van der Waals surface area contributed by atoms with Gasteiger partial charge in [-0.15, -0.1) is 5.53 Å². The Morgan fingerprint density at radius 2 is 2.12 bits per heavy atom. The van der Waals surface area contributed by atoms with E-state index in [1.807, 2.05) is 13.8 Å². The summed E-state index contributed by atoms with van der Waals surface area (Å²) >= 11 is 0. The Kier molecular flexibility index (Phi) is 1.11. The van der Waals surface area contributed by atoms with Gasteiger partial charge < -0.3 is 5.43 Å². The van der Waals surface area contributed by atoms with Crippen molar-refractivity contribution in [2.45, 2.75) is 13.8 Å². The van der Waals surface area contributed by atoms with Gasteiger partial charge in [-0.2, -0.15) is 0 Å². The van der Waals surface area contributed by atoms with Crippen molar-refractivity contribution in [3.63, 3.8) is 0 Å². The molecule has 0 spiro atoms. The summed E-state index contributed by atoms with van der Waals surface area (Å²) in [5.74, 6) is 5.37. The number of nitrogens with one attached hydrogen (secondary N) is 2. The lowest BCUT2D eigenvalue weighted by molar-refractivity contribution is 0.259. The molecule has 0 aromatic rings. The molecule has 0 radical (unpaired) electrons. The van der Waals surface area contributed by atoms with Crippen LogP contribution in [0.3, 0.4) is 0 Å². The summed E-state index contributed by atoms with van der Waals surface area (Å²) < 4.78 is 0. The van der Waals surface area contributed by atoms with Gasteiger partial charge in [0.05, 0.1) is 5.70 Å². The fraction of sp³-hybridized carbons (Fsp3) is 0.500.